The Morgan fingerprint density at radius 1 is 1.32 bits per heavy atom. The number of aliphatic hydroxyl groups excluding tert-OH is 1. The number of benzene rings is 1. The lowest BCUT2D eigenvalue weighted by Crippen LogP contribution is -2.32. The van der Waals surface area contributed by atoms with Gasteiger partial charge in [-0.3, -0.25) is 0 Å². The van der Waals surface area contributed by atoms with Crippen molar-refractivity contribution in [2.75, 3.05) is 30.0 Å². The third-order valence-electron chi connectivity index (χ3n) is 4.82. The molecule has 0 aliphatic carbocycles. The fraction of sp³-hybridized carbons (Fsp3) is 0.444. The van der Waals surface area contributed by atoms with Gasteiger partial charge < -0.3 is 20.1 Å². The van der Waals surface area contributed by atoms with Gasteiger partial charge in [-0.15, -0.1) is 0 Å². The highest BCUT2D eigenvalue weighted by Crippen LogP contribution is 2.33. The Balaban J connectivity index is 1.50. The summed E-state index contributed by atoms with van der Waals surface area (Å²) in [5.74, 6) is 2.63. The average molecular weight is 405 g/mol. The van der Waals surface area contributed by atoms with Gasteiger partial charge in [-0.25, -0.2) is 9.97 Å². The molecule has 1 unspecified atom stereocenters. The molecule has 1 fully saturated rings. The molecule has 6 nitrogen and oxygen atoms in total. The quantitative estimate of drug-likeness (QED) is 0.798. The van der Waals surface area contributed by atoms with E-state index in [1.165, 1.54) is 5.56 Å². The van der Waals surface area contributed by atoms with Crippen LogP contribution in [-0.4, -0.2) is 40.9 Å². The highest BCUT2D eigenvalue weighted by molar-refractivity contribution is 9.10. The third-order valence-corrected chi connectivity index (χ3v) is 5.28. The smallest absolute Gasteiger partial charge is 0.134 e. The SMILES string of the molecule is OCC1CCCN1c1cc(NCc2cc(Br)cc3c2OCC3)ncn1. The zero-order valence-electron chi connectivity index (χ0n) is 13.9. The lowest BCUT2D eigenvalue weighted by atomic mass is 10.1. The summed E-state index contributed by atoms with van der Waals surface area (Å²) in [5, 5.41) is 12.9. The number of hydrogen-bond donors (Lipinski definition) is 2. The normalized spacial score (nSPS) is 19.0. The Bertz CT molecular complexity index is 771. The van der Waals surface area contributed by atoms with Crippen LogP contribution in [0.2, 0.25) is 0 Å². The van der Waals surface area contributed by atoms with Crippen molar-refractivity contribution in [3.63, 3.8) is 0 Å². The number of fused-ring (bicyclic) bond motifs is 1. The number of nitrogens with one attached hydrogen (secondary N) is 1. The summed E-state index contributed by atoms with van der Waals surface area (Å²) >= 11 is 3.57. The molecule has 2 aliphatic rings. The Morgan fingerprint density at radius 3 is 3.12 bits per heavy atom. The van der Waals surface area contributed by atoms with Gasteiger partial charge in [0.05, 0.1) is 19.3 Å². The zero-order chi connectivity index (χ0) is 17.2. The topological polar surface area (TPSA) is 70.5 Å². The molecule has 132 valence electrons. The van der Waals surface area contributed by atoms with Crippen LogP contribution in [0.4, 0.5) is 11.6 Å². The third kappa shape index (κ3) is 3.43. The molecular formula is C18H21BrN4O2. The fourth-order valence-electron chi connectivity index (χ4n) is 3.59. The molecule has 0 spiro atoms. The van der Waals surface area contributed by atoms with Crippen LogP contribution < -0.4 is 15.0 Å². The summed E-state index contributed by atoms with van der Waals surface area (Å²) in [5.41, 5.74) is 2.37. The highest BCUT2D eigenvalue weighted by atomic mass is 79.9. The largest absolute Gasteiger partial charge is 0.493 e. The molecule has 2 N–H and O–H groups in total. The number of nitrogens with zero attached hydrogens (tertiary/aromatic N) is 3. The van der Waals surface area contributed by atoms with Gasteiger partial charge in [-0.1, -0.05) is 15.9 Å². The monoisotopic (exact) mass is 404 g/mol. The summed E-state index contributed by atoms with van der Waals surface area (Å²) in [6.07, 6.45) is 4.62. The molecule has 2 aromatic rings. The molecule has 0 radical (unpaired) electrons. The van der Waals surface area contributed by atoms with Crippen molar-refractivity contribution in [3.05, 3.63) is 40.1 Å². The van der Waals surface area contributed by atoms with Crippen LogP contribution in [0.5, 0.6) is 5.75 Å². The molecule has 0 saturated carbocycles. The van der Waals surface area contributed by atoms with E-state index in [9.17, 15) is 5.11 Å². The van der Waals surface area contributed by atoms with Gasteiger partial charge in [-0.2, -0.15) is 0 Å². The molecule has 1 atom stereocenters. The van der Waals surface area contributed by atoms with Crippen molar-refractivity contribution < 1.29 is 9.84 Å². The standard InChI is InChI=1S/C18H21BrN4O2/c19-14-6-12-3-5-25-18(12)13(7-14)9-20-16-8-17(22-11-21-16)23-4-1-2-15(23)10-24/h6-8,11,15,24H,1-5,9-10H2,(H,20,21,22). The van der Waals surface area contributed by atoms with E-state index in [2.05, 4.69) is 48.2 Å². The van der Waals surface area contributed by atoms with Gasteiger partial charge in [0.2, 0.25) is 0 Å². The molecular weight excluding hydrogens is 384 g/mol. The Labute approximate surface area is 155 Å². The first-order chi connectivity index (χ1) is 12.2. The van der Waals surface area contributed by atoms with Crippen molar-refractivity contribution >= 4 is 27.6 Å². The molecule has 1 aromatic heterocycles. The van der Waals surface area contributed by atoms with E-state index in [0.717, 1.165) is 59.8 Å². The van der Waals surface area contributed by atoms with Crippen LogP contribution in [0.3, 0.4) is 0 Å². The first kappa shape index (κ1) is 16.6. The molecule has 1 saturated heterocycles. The molecule has 0 amide bonds. The van der Waals surface area contributed by atoms with Gasteiger partial charge in [0.25, 0.3) is 0 Å². The van der Waals surface area contributed by atoms with Crippen LogP contribution >= 0.6 is 15.9 Å². The van der Waals surface area contributed by atoms with Crippen LogP contribution in [0, 0.1) is 0 Å². The second kappa shape index (κ2) is 7.17. The van der Waals surface area contributed by atoms with E-state index < -0.39 is 0 Å². The van der Waals surface area contributed by atoms with E-state index in [1.807, 2.05) is 6.07 Å². The van der Waals surface area contributed by atoms with Crippen LogP contribution in [0.15, 0.2) is 29.0 Å². The van der Waals surface area contributed by atoms with Crippen molar-refractivity contribution in [1.29, 1.82) is 0 Å². The zero-order valence-corrected chi connectivity index (χ0v) is 15.5. The predicted molar refractivity (Wildman–Crippen MR) is 100 cm³/mol. The molecule has 7 heteroatoms. The van der Waals surface area contributed by atoms with Crippen molar-refractivity contribution in [2.24, 2.45) is 0 Å². The maximum atomic E-state index is 9.52. The summed E-state index contributed by atoms with van der Waals surface area (Å²) in [6, 6.07) is 6.32. The Kier molecular flexibility index (Phi) is 4.76. The van der Waals surface area contributed by atoms with Gasteiger partial charge in [0, 0.05) is 35.6 Å². The molecule has 2 aliphatic heterocycles. The van der Waals surface area contributed by atoms with Gasteiger partial charge in [0.1, 0.15) is 23.7 Å². The Morgan fingerprint density at radius 2 is 2.24 bits per heavy atom. The summed E-state index contributed by atoms with van der Waals surface area (Å²) in [7, 11) is 0. The number of aliphatic hydroxyl groups is 1. The summed E-state index contributed by atoms with van der Waals surface area (Å²) in [4.78, 5) is 10.9. The minimum absolute atomic E-state index is 0.157. The van der Waals surface area contributed by atoms with Crippen molar-refractivity contribution in [3.8, 4) is 5.75 Å². The molecule has 25 heavy (non-hydrogen) atoms. The van der Waals surface area contributed by atoms with E-state index in [-0.39, 0.29) is 12.6 Å². The van der Waals surface area contributed by atoms with Crippen molar-refractivity contribution in [1.82, 2.24) is 9.97 Å². The molecule has 1 aromatic carbocycles. The lowest BCUT2D eigenvalue weighted by Gasteiger charge is -2.24. The van der Waals surface area contributed by atoms with E-state index in [1.54, 1.807) is 6.33 Å². The minimum Gasteiger partial charge on any atom is -0.493 e. The van der Waals surface area contributed by atoms with Crippen LogP contribution in [0.25, 0.3) is 0 Å². The van der Waals surface area contributed by atoms with Crippen molar-refractivity contribution in [2.45, 2.75) is 31.8 Å². The first-order valence-electron chi connectivity index (χ1n) is 8.62. The minimum atomic E-state index is 0.157. The molecule has 0 bridgehead atoms. The van der Waals surface area contributed by atoms with Crippen LogP contribution in [-0.2, 0) is 13.0 Å². The summed E-state index contributed by atoms with van der Waals surface area (Å²) in [6.45, 7) is 2.47. The van der Waals surface area contributed by atoms with Gasteiger partial charge in [-0.05, 0) is 30.5 Å². The Hall–Kier alpha value is -1.86. The highest BCUT2D eigenvalue weighted by Gasteiger charge is 2.25. The average Bonchev–Trinajstić information content (AvgIpc) is 3.28. The molecule has 4 rings (SSSR count). The number of rotatable bonds is 5. The van der Waals surface area contributed by atoms with E-state index >= 15 is 0 Å². The van der Waals surface area contributed by atoms with Gasteiger partial charge in [0.15, 0.2) is 0 Å². The first-order valence-corrected chi connectivity index (χ1v) is 9.41. The molecule has 3 heterocycles. The second-order valence-electron chi connectivity index (χ2n) is 6.44. The van der Waals surface area contributed by atoms with E-state index in [0.29, 0.717) is 6.54 Å². The predicted octanol–water partition coefficient (Wildman–Crippen LogP) is 2.75. The maximum absolute atomic E-state index is 9.52. The van der Waals surface area contributed by atoms with Gasteiger partial charge >= 0.3 is 0 Å². The number of halogens is 1. The number of aromatic nitrogens is 2. The lowest BCUT2D eigenvalue weighted by molar-refractivity contribution is 0.266. The fourth-order valence-corrected chi connectivity index (χ4v) is 4.14. The number of anilines is 2. The maximum Gasteiger partial charge on any atom is 0.134 e. The number of ether oxygens (including phenoxy) is 1. The summed E-state index contributed by atoms with van der Waals surface area (Å²) < 4.78 is 6.85. The van der Waals surface area contributed by atoms with Crippen LogP contribution in [0.1, 0.15) is 24.0 Å². The number of hydrogen-bond acceptors (Lipinski definition) is 6. The second-order valence-corrected chi connectivity index (χ2v) is 7.35. The van der Waals surface area contributed by atoms with E-state index in [4.69, 9.17) is 4.74 Å².